The molecule has 16 heavy (non-hydrogen) atoms. The van der Waals surface area contributed by atoms with Crippen molar-refractivity contribution in [3.8, 4) is 0 Å². The van der Waals surface area contributed by atoms with Crippen LogP contribution in [0.3, 0.4) is 0 Å². The molecule has 0 bridgehead atoms. The second-order valence-electron chi connectivity index (χ2n) is 4.03. The van der Waals surface area contributed by atoms with Crippen LogP contribution in [-0.4, -0.2) is 11.1 Å². The molecule has 1 aliphatic heterocycles. The Morgan fingerprint density at radius 2 is 2.31 bits per heavy atom. The Labute approximate surface area is 92.6 Å². The molecular formula is C12H12FNO2. The second kappa shape index (κ2) is 3.63. The van der Waals surface area contributed by atoms with Crippen molar-refractivity contribution in [2.75, 3.05) is 5.32 Å². The average molecular weight is 221 g/mol. The van der Waals surface area contributed by atoms with Crippen LogP contribution in [0, 0.1) is 12.7 Å². The lowest BCUT2D eigenvalue weighted by Crippen LogP contribution is -2.22. The molecule has 1 unspecified atom stereocenters. The number of aliphatic carboxylic acids is 1. The molecule has 0 fully saturated rings. The van der Waals surface area contributed by atoms with Crippen LogP contribution in [0.15, 0.2) is 24.4 Å². The fourth-order valence-electron chi connectivity index (χ4n) is 2.01. The Hall–Kier alpha value is -1.84. The minimum atomic E-state index is -1.02. The van der Waals surface area contributed by atoms with E-state index in [0.29, 0.717) is 11.4 Å². The minimum absolute atomic E-state index is 0.225. The first-order valence-electron chi connectivity index (χ1n) is 4.96. The van der Waals surface area contributed by atoms with E-state index < -0.39 is 17.7 Å². The third-order valence-electron chi connectivity index (χ3n) is 2.68. The van der Waals surface area contributed by atoms with E-state index >= 15 is 0 Å². The standard InChI is InChI=1S/C12H12FNO2/c1-6-3-9(13)11-8(12(15)16)5-7(2)14-10(11)4-6/h3-4,8,14H,2,5H2,1H3,(H,15,16). The molecule has 0 saturated heterocycles. The second-order valence-corrected chi connectivity index (χ2v) is 4.03. The number of halogens is 1. The van der Waals surface area contributed by atoms with Gasteiger partial charge in [-0.2, -0.15) is 0 Å². The molecule has 0 aliphatic carbocycles. The average Bonchev–Trinajstić information content (AvgIpc) is 2.14. The fourth-order valence-corrected chi connectivity index (χ4v) is 2.01. The number of fused-ring (bicyclic) bond motifs is 1. The smallest absolute Gasteiger partial charge is 0.311 e. The molecular weight excluding hydrogens is 209 g/mol. The predicted molar refractivity (Wildman–Crippen MR) is 58.9 cm³/mol. The largest absolute Gasteiger partial charge is 0.481 e. The van der Waals surface area contributed by atoms with E-state index in [2.05, 4.69) is 11.9 Å². The lowest BCUT2D eigenvalue weighted by molar-refractivity contribution is -0.138. The molecule has 1 aromatic carbocycles. The summed E-state index contributed by atoms with van der Waals surface area (Å²) in [6.07, 6.45) is 0.225. The Morgan fingerprint density at radius 1 is 1.62 bits per heavy atom. The molecule has 3 nitrogen and oxygen atoms in total. The Balaban J connectivity index is 2.61. The number of carboxylic acid groups (broad SMARTS) is 1. The van der Waals surface area contributed by atoms with Crippen LogP contribution in [0.5, 0.6) is 0 Å². The van der Waals surface area contributed by atoms with Gasteiger partial charge >= 0.3 is 5.97 Å². The van der Waals surface area contributed by atoms with Gasteiger partial charge in [-0.1, -0.05) is 6.58 Å². The summed E-state index contributed by atoms with van der Waals surface area (Å²) in [5.41, 5.74) is 2.10. The number of hydrogen-bond acceptors (Lipinski definition) is 2. The van der Waals surface area contributed by atoms with E-state index in [0.717, 1.165) is 5.56 Å². The Kier molecular flexibility index (Phi) is 2.42. The number of anilines is 1. The highest BCUT2D eigenvalue weighted by Crippen LogP contribution is 2.37. The van der Waals surface area contributed by atoms with Gasteiger partial charge in [0.05, 0.1) is 5.92 Å². The number of carboxylic acids is 1. The van der Waals surface area contributed by atoms with Crippen molar-refractivity contribution in [3.63, 3.8) is 0 Å². The minimum Gasteiger partial charge on any atom is -0.481 e. The molecule has 0 aromatic heterocycles. The van der Waals surface area contributed by atoms with Crippen LogP contribution < -0.4 is 5.32 Å². The molecule has 0 radical (unpaired) electrons. The lowest BCUT2D eigenvalue weighted by Gasteiger charge is -2.26. The summed E-state index contributed by atoms with van der Waals surface area (Å²) in [6, 6.07) is 3.09. The third kappa shape index (κ3) is 1.66. The van der Waals surface area contributed by atoms with E-state index in [4.69, 9.17) is 5.11 Å². The van der Waals surface area contributed by atoms with Gasteiger partial charge in [0.2, 0.25) is 0 Å². The van der Waals surface area contributed by atoms with Crippen LogP contribution in [0.4, 0.5) is 10.1 Å². The van der Waals surface area contributed by atoms with Gasteiger partial charge in [0, 0.05) is 23.4 Å². The number of aryl methyl sites for hydroxylation is 1. The zero-order valence-electron chi connectivity index (χ0n) is 8.88. The summed E-state index contributed by atoms with van der Waals surface area (Å²) in [4.78, 5) is 11.1. The van der Waals surface area contributed by atoms with Crippen molar-refractivity contribution in [1.82, 2.24) is 0 Å². The first-order valence-corrected chi connectivity index (χ1v) is 4.96. The zero-order chi connectivity index (χ0) is 11.9. The van der Waals surface area contributed by atoms with E-state index in [1.54, 1.807) is 13.0 Å². The molecule has 84 valence electrons. The van der Waals surface area contributed by atoms with Gasteiger partial charge in [0.25, 0.3) is 0 Å². The van der Waals surface area contributed by atoms with Crippen molar-refractivity contribution < 1.29 is 14.3 Å². The molecule has 4 heteroatoms. The molecule has 1 atom stereocenters. The highest BCUT2D eigenvalue weighted by atomic mass is 19.1. The van der Waals surface area contributed by atoms with Crippen LogP contribution >= 0.6 is 0 Å². The summed E-state index contributed by atoms with van der Waals surface area (Å²) in [5.74, 6) is -2.33. The summed E-state index contributed by atoms with van der Waals surface area (Å²) in [7, 11) is 0. The quantitative estimate of drug-likeness (QED) is 0.766. The van der Waals surface area contributed by atoms with Crippen molar-refractivity contribution in [2.24, 2.45) is 0 Å². The van der Waals surface area contributed by atoms with Gasteiger partial charge in [-0.25, -0.2) is 4.39 Å². The molecule has 0 amide bonds. The van der Waals surface area contributed by atoms with E-state index in [1.165, 1.54) is 6.07 Å². The highest BCUT2D eigenvalue weighted by Gasteiger charge is 2.30. The Bertz CT molecular complexity index is 482. The van der Waals surface area contributed by atoms with E-state index in [9.17, 15) is 9.18 Å². The molecule has 1 aliphatic rings. The molecule has 0 saturated carbocycles. The molecule has 2 N–H and O–H groups in total. The van der Waals surface area contributed by atoms with Gasteiger partial charge in [-0.3, -0.25) is 4.79 Å². The molecule has 2 rings (SSSR count). The molecule has 0 spiro atoms. The van der Waals surface area contributed by atoms with Crippen molar-refractivity contribution in [3.05, 3.63) is 41.4 Å². The molecule has 1 aromatic rings. The highest BCUT2D eigenvalue weighted by molar-refractivity contribution is 5.81. The monoisotopic (exact) mass is 221 g/mol. The zero-order valence-corrected chi connectivity index (χ0v) is 8.88. The van der Waals surface area contributed by atoms with E-state index in [1.807, 2.05) is 0 Å². The number of hydrogen-bond donors (Lipinski definition) is 2. The van der Waals surface area contributed by atoms with Gasteiger partial charge in [0.1, 0.15) is 5.82 Å². The van der Waals surface area contributed by atoms with Crippen LogP contribution in [0.2, 0.25) is 0 Å². The maximum absolute atomic E-state index is 13.7. The third-order valence-corrected chi connectivity index (χ3v) is 2.68. The first kappa shape index (κ1) is 10.7. The maximum Gasteiger partial charge on any atom is 0.311 e. The normalized spacial score (nSPS) is 18.9. The number of rotatable bonds is 1. The summed E-state index contributed by atoms with van der Waals surface area (Å²) < 4.78 is 13.7. The first-order chi connectivity index (χ1) is 7.49. The maximum atomic E-state index is 13.7. The number of allylic oxidation sites excluding steroid dienone is 1. The van der Waals surface area contributed by atoms with E-state index in [-0.39, 0.29) is 12.0 Å². The predicted octanol–water partition coefficient (Wildman–Crippen LogP) is 2.63. The summed E-state index contributed by atoms with van der Waals surface area (Å²) in [6.45, 7) is 5.47. The van der Waals surface area contributed by atoms with Crippen molar-refractivity contribution in [2.45, 2.75) is 19.3 Å². The van der Waals surface area contributed by atoms with Crippen molar-refractivity contribution >= 4 is 11.7 Å². The topological polar surface area (TPSA) is 49.3 Å². The Morgan fingerprint density at radius 3 is 2.94 bits per heavy atom. The SMILES string of the molecule is C=C1CC(C(=O)O)c2c(F)cc(C)cc2N1. The van der Waals surface area contributed by atoms with Gasteiger partial charge < -0.3 is 10.4 Å². The number of carbonyl (C=O) groups is 1. The van der Waals surface area contributed by atoms with Crippen LogP contribution in [-0.2, 0) is 4.79 Å². The molecule has 1 heterocycles. The van der Waals surface area contributed by atoms with Gasteiger partial charge in [0.15, 0.2) is 0 Å². The van der Waals surface area contributed by atoms with Crippen LogP contribution in [0.25, 0.3) is 0 Å². The number of benzene rings is 1. The van der Waals surface area contributed by atoms with Crippen LogP contribution in [0.1, 0.15) is 23.5 Å². The summed E-state index contributed by atoms with van der Waals surface area (Å²) >= 11 is 0. The lowest BCUT2D eigenvalue weighted by atomic mass is 9.88. The summed E-state index contributed by atoms with van der Waals surface area (Å²) in [5, 5.41) is 12.0. The number of nitrogens with one attached hydrogen (secondary N) is 1. The van der Waals surface area contributed by atoms with Crippen molar-refractivity contribution in [1.29, 1.82) is 0 Å². The fraction of sp³-hybridized carbons (Fsp3) is 0.250. The van der Waals surface area contributed by atoms with Gasteiger partial charge in [-0.05, 0) is 24.6 Å². The van der Waals surface area contributed by atoms with Gasteiger partial charge in [-0.15, -0.1) is 0 Å².